The fraction of sp³-hybridized carbons (Fsp3) is 0.933. The highest BCUT2D eigenvalue weighted by Crippen LogP contribution is 2.29. The largest absolute Gasteiger partial charge is 0.342 e. The molecule has 1 amide bonds. The molecule has 1 aliphatic rings. The Morgan fingerprint density at radius 2 is 1.79 bits per heavy atom. The van der Waals surface area contributed by atoms with Gasteiger partial charge in [-0.1, -0.05) is 20.8 Å². The molecule has 1 fully saturated rings. The van der Waals surface area contributed by atoms with Gasteiger partial charge in [0.05, 0.1) is 5.41 Å². The first-order valence-electron chi connectivity index (χ1n) is 7.74. The van der Waals surface area contributed by atoms with Crippen molar-refractivity contribution in [3.63, 3.8) is 0 Å². The second-order valence-corrected chi connectivity index (χ2v) is 5.77. The molecule has 0 aromatic rings. The molecular weight excluding hydrogens is 238 g/mol. The van der Waals surface area contributed by atoms with Gasteiger partial charge in [-0.3, -0.25) is 4.79 Å². The summed E-state index contributed by atoms with van der Waals surface area (Å²) in [5.74, 6) is 0.245. The molecule has 0 aliphatic carbocycles. The Morgan fingerprint density at radius 3 is 2.16 bits per heavy atom. The highest BCUT2D eigenvalue weighted by atomic mass is 16.2. The van der Waals surface area contributed by atoms with Crippen molar-refractivity contribution in [1.29, 1.82) is 0 Å². The molecule has 0 aromatic carbocycles. The van der Waals surface area contributed by atoms with E-state index >= 15 is 0 Å². The molecule has 0 saturated carbocycles. The summed E-state index contributed by atoms with van der Waals surface area (Å²) in [6.07, 6.45) is 3.84. The van der Waals surface area contributed by atoms with E-state index in [1.807, 2.05) is 11.9 Å². The summed E-state index contributed by atoms with van der Waals surface area (Å²) in [5, 5.41) is 0. The average molecular weight is 269 g/mol. The predicted molar refractivity (Wildman–Crippen MR) is 80.0 cm³/mol. The summed E-state index contributed by atoms with van der Waals surface area (Å²) in [4.78, 5) is 17.2. The number of piperidine rings is 1. The number of nitrogens with zero attached hydrogens (tertiary/aromatic N) is 2. The van der Waals surface area contributed by atoms with Crippen LogP contribution in [0, 0.1) is 5.41 Å². The van der Waals surface area contributed by atoms with Crippen LogP contribution in [0.15, 0.2) is 0 Å². The standard InChI is InChI=1S/C15H31N3O/c1-5-15(6-2,12-16)14(19)17(4)13-8-10-18(7-3)11-9-13/h13H,5-12,16H2,1-4H3. The second kappa shape index (κ2) is 7.25. The van der Waals surface area contributed by atoms with E-state index in [-0.39, 0.29) is 11.3 Å². The summed E-state index contributed by atoms with van der Waals surface area (Å²) in [7, 11) is 1.96. The van der Waals surface area contributed by atoms with Crippen LogP contribution >= 0.6 is 0 Å². The molecule has 112 valence electrons. The van der Waals surface area contributed by atoms with Gasteiger partial charge in [0.15, 0.2) is 0 Å². The lowest BCUT2D eigenvalue weighted by Gasteiger charge is -2.41. The minimum atomic E-state index is -0.351. The molecule has 0 atom stereocenters. The van der Waals surface area contributed by atoms with Crippen LogP contribution in [0.4, 0.5) is 0 Å². The molecule has 0 radical (unpaired) electrons. The molecule has 1 saturated heterocycles. The van der Waals surface area contributed by atoms with Gasteiger partial charge in [0, 0.05) is 32.7 Å². The van der Waals surface area contributed by atoms with Crippen LogP contribution < -0.4 is 5.73 Å². The van der Waals surface area contributed by atoms with Crippen LogP contribution in [0.5, 0.6) is 0 Å². The van der Waals surface area contributed by atoms with Crippen molar-refractivity contribution >= 4 is 5.91 Å². The van der Waals surface area contributed by atoms with E-state index < -0.39 is 0 Å². The molecule has 1 heterocycles. The van der Waals surface area contributed by atoms with Crippen molar-refractivity contribution in [2.24, 2.45) is 11.1 Å². The van der Waals surface area contributed by atoms with Crippen LogP contribution in [-0.4, -0.2) is 55.0 Å². The summed E-state index contributed by atoms with van der Waals surface area (Å²) >= 11 is 0. The molecule has 2 N–H and O–H groups in total. The number of carbonyl (C=O) groups is 1. The molecule has 1 rings (SSSR count). The third-order valence-corrected chi connectivity index (χ3v) is 5.07. The highest BCUT2D eigenvalue weighted by Gasteiger charge is 2.38. The molecule has 0 bridgehead atoms. The van der Waals surface area contributed by atoms with E-state index in [1.165, 1.54) is 0 Å². The Balaban J connectivity index is 2.66. The van der Waals surface area contributed by atoms with Crippen LogP contribution in [-0.2, 0) is 4.79 Å². The zero-order valence-electron chi connectivity index (χ0n) is 13.1. The second-order valence-electron chi connectivity index (χ2n) is 5.77. The molecule has 19 heavy (non-hydrogen) atoms. The number of carbonyl (C=O) groups excluding carboxylic acids is 1. The van der Waals surface area contributed by atoms with Crippen molar-refractivity contribution < 1.29 is 4.79 Å². The Kier molecular flexibility index (Phi) is 6.27. The number of amides is 1. The zero-order chi connectivity index (χ0) is 14.5. The summed E-state index contributed by atoms with van der Waals surface area (Å²) in [6.45, 7) is 10.1. The summed E-state index contributed by atoms with van der Waals surface area (Å²) in [6, 6.07) is 0.388. The first-order chi connectivity index (χ1) is 9.04. The number of nitrogens with two attached hydrogens (primary N) is 1. The maximum Gasteiger partial charge on any atom is 0.230 e. The Morgan fingerprint density at radius 1 is 1.26 bits per heavy atom. The van der Waals surface area contributed by atoms with Gasteiger partial charge in [-0.15, -0.1) is 0 Å². The fourth-order valence-electron chi connectivity index (χ4n) is 3.09. The van der Waals surface area contributed by atoms with Crippen molar-refractivity contribution in [2.75, 3.05) is 33.2 Å². The maximum absolute atomic E-state index is 12.7. The topological polar surface area (TPSA) is 49.6 Å². The first kappa shape index (κ1) is 16.4. The van der Waals surface area contributed by atoms with Gasteiger partial charge in [0.25, 0.3) is 0 Å². The van der Waals surface area contributed by atoms with Crippen LogP contribution in [0.2, 0.25) is 0 Å². The fourth-order valence-corrected chi connectivity index (χ4v) is 3.09. The van der Waals surface area contributed by atoms with Crippen molar-refractivity contribution in [3.05, 3.63) is 0 Å². The minimum Gasteiger partial charge on any atom is -0.342 e. The van der Waals surface area contributed by atoms with Crippen LogP contribution in [0.25, 0.3) is 0 Å². The molecule has 0 aromatic heterocycles. The van der Waals surface area contributed by atoms with Gasteiger partial charge in [-0.25, -0.2) is 0 Å². The molecule has 0 spiro atoms. The SMILES string of the molecule is CCN1CCC(N(C)C(=O)C(CC)(CC)CN)CC1. The first-order valence-corrected chi connectivity index (χ1v) is 7.74. The van der Waals surface area contributed by atoms with Gasteiger partial charge in [-0.2, -0.15) is 0 Å². The monoisotopic (exact) mass is 269 g/mol. The molecule has 1 aliphatic heterocycles. The normalized spacial score (nSPS) is 18.6. The van der Waals surface area contributed by atoms with Gasteiger partial charge < -0.3 is 15.5 Å². The number of hydrogen-bond donors (Lipinski definition) is 1. The quantitative estimate of drug-likeness (QED) is 0.798. The van der Waals surface area contributed by atoms with Gasteiger partial charge >= 0.3 is 0 Å². The third kappa shape index (κ3) is 3.48. The molecule has 4 nitrogen and oxygen atoms in total. The van der Waals surface area contributed by atoms with E-state index in [0.717, 1.165) is 45.3 Å². The van der Waals surface area contributed by atoms with E-state index in [2.05, 4.69) is 25.7 Å². The predicted octanol–water partition coefficient (Wildman–Crippen LogP) is 1.69. The maximum atomic E-state index is 12.7. The third-order valence-electron chi connectivity index (χ3n) is 5.07. The zero-order valence-corrected chi connectivity index (χ0v) is 13.1. The lowest BCUT2D eigenvalue weighted by molar-refractivity contribution is -0.144. The average Bonchev–Trinajstić information content (AvgIpc) is 2.48. The Hall–Kier alpha value is -0.610. The van der Waals surface area contributed by atoms with Gasteiger partial charge in [-0.05, 0) is 32.2 Å². The molecular formula is C15H31N3O. The Bertz CT molecular complexity index is 273. The van der Waals surface area contributed by atoms with E-state index in [0.29, 0.717) is 12.6 Å². The number of rotatable bonds is 6. The van der Waals surface area contributed by atoms with Crippen LogP contribution in [0.3, 0.4) is 0 Å². The summed E-state index contributed by atoms with van der Waals surface area (Å²) in [5.41, 5.74) is 5.53. The van der Waals surface area contributed by atoms with Crippen molar-refractivity contribution in [2.45, 2.75) is 52.5 Å². The minimum absolute atomic E-state index is 0.245. The lowest BCUT2D eigenvalue weighted by atomic mass is 9.80. The molecule has 0 unspecified atom stereocenters. The van der Waals surface area contributed by atoms with Crippen LogP contribution in [0.1, 0.15) is 46.5 Å². The highest BCUT2D eigenvalue weighted by molar-refractivity contribution is 5.83. The van der Waals surface area contributed by atoms with E-state index in [1.54, 1.807) is 0 Å². The lowest BCUT2D eigenvalue weighted by Crippen LogP contribution is -2.52. The Labute approximate surface area is 118 Å². The van der Waals surface area contributed by atoms with Crippen molar-refractivity contribution in [3.8, 4) is 0 Å². The van der Waals surface area contributed by atoms with Crippen molar-refractivity contribution in [1.82, 2.24) is 9.80 Å². The number of hydrogen-bond acceptors (Lipinski definition) is 3. The van der Waals surface area contributed by atoms with E-state index in [9.17, 15) is 4.79 Å². The van der Waals surface area contributed by atoms with Gasteiger partial charge in [0.1, 0.15) is 0 Å². The summed E-state index contributed by atoms with van der Waals surface area (Å²) < 4.78 is 0. The number of likely N-dealkylation sites (tertiary alicyclic amines) is 1. The smallest absolute Gasteiger partial charge is 0.230 e. The van der Waals surface area contributed by atoms with E-state index in [4.69, 9.17) is 5.73 Å². The molecule has 4 heteroatoms. The van der Waals surface area contributed by atoms with Gasteiger partial charge in [0.2, 0.25) is 5.91 Å².